The highest BCUT2D eigenvalue weighted by atomic mass is 32.2. The van der Waals surface area contributed by atoms with E-state index in [2.05, 4.69) is 11.2 Å². The molecule has 0 bridgehead atoms. The number of terminal acetylenes is 1. The zero-order chi connectivity index (χ0) is 11.2. The molecule has 0 aromatic rings. The summed E-state index contributed by atoms with van der Waals surface area (Å²) in [5.74, 6) is 2.31. The molecule has 1 unspecified atom stereocenters. The number of nitrogens with zero attached hydrogens (tertiary/aromatic N) is 1. The highest BCUT2D eigenvalue weighted by molar-refractivity contribution is 7.89. The quantitative estimate of drug-likeness (QED) is 0.632. The number of hydrogen-bond donors (Lipinski definition) is 1. The zero-order valence-electron chi connectivity index (χ0n) is 8.95. The van der Waals surface area contributed by atoms with E-state index < -0.39 is 15.3 Å². The van der Waals surface area contributed by atoms with E-state index in [9.17, 15) is 8.42 Å². The largest absolute Gasteiger partial charge is 0.316 e. The Bertz CT molecular complexity index is 292. The SMILES string of the molecule is C#CCN(C)S(=O)(=O)C(C)CNCC. The summed E-state index contributed by atoms with van der Waals surface area (Å²) >= 11 is 0. The van der Waals surface area contributed by atoms with Crippen LogP contribution in [0.5, 0.6) is 0 Å². The van der Waals surface area contributed by atoms with Gasteiger partial charge in [0.25, 0.3) is 0 Å². The van der Waals surface area contributed by atoms with Crippen molar-refractivity contribution >= 4 is 10.0 Å². The van der Waals surface area contributed by atoms with Gasteiger partial charge in [-0.15, -0.1) is 6.42 Å². The molecule has 0 saturated heterocycles. The molecule has 0 aliphatic rings. The Balaban J connectivity index is 4.38. The van der Waals surface area contributed by atoms with E-state index in [1.807, 2.05) is 6.92 Å². The van der Waals surface area contributed by atoms with E-state index >= 15 is 0 Å². The van der Waals surface area contributed by atoms with E-state index in [-0.39, 0.29) is 6.54 Å². The lowest BCUT2D eigenvalue weighted by Gasteiger charge is -2.20. The Hall–Kier alpha value is -0.570. The number of hydrogen-bond acceptors (Lipinski definition) is 3. The fourth-order valence-corrected chi connectivity index (χ4v) is 2.18. The summed E-state index contributed by atoms with van der Waals surface area (Å²) in [6, 6.07) is 0. The van der Waals surface area contributed by atoms with Crippen LogP contribution in [0, 0.1) is 12.3 Å². The maximum Gasteiger partial charge on any atom is 0.218 e. The van der Waals surface area contributed by atoms with Crippen molar-refractivity contribution in [1.82, 2.24) is 9.62 Å². The van der Waals surface area contributed by atoms with Gasteiger partial charge in [0.05, 0.1) is 11.8 Å². The van der Waals surface area contributed by atoms with Crippen LogP contribution in [-0.4, -0.2) is 44.7 Å². The Kier molecular flexibility index (Phi) is 5.77. The van der Waals surface area contributed by atoms with Gasteiger partial charge in [-0.2, -0.15) is 4.31 Å². The smallest absolute Gasteiger partial charge is 0.218 e. The number of rotatable bonds is 6. The zero-order valence-corrected chi connectivity index (χ0v) is 9.76. The van der Waals surface area contributed by atoms with Crippen LogP contribution < -0.4 is 5.32 Å². The lowest BCUT2D eigenvalue weighted by atomic mass is 10.5. The highest BCUT2D eigenvalue weighted by Gasteiger charge is 2.24. The molecule has 0 fully saturated rings. The number of sulfonamides is 1. The molecule has 0 heterocycles. The van der Waals surface area contributed by atoms with E-state index in [1.54, 1.807) is 6.92 Å². The predicted molar refractivity (Wildman–Crippen MR) is 58.4 cm³/mol. The monoisotopic (exact) mass is 218 g/mol. The summed E-state index contributed by atoms with van der Waals surface area (Å²) in [4.78, 5) is 0. The van der Waals surface area contributed by atoms with Crippen molar-refractivity contribution in [3.05, 3.63) is 0 Å². The summed E-state index contributed by atoms with van der Waals surface area (Å²) in [6.07, 6.45) is 5.05. The second-order valence-corrected chi connectivity index (χ2v) is 5.58. The maximum absolute atomic E-state index is 11.7. The van der Waals surface area contributed by atoms with Crippen LogP contribution in [0.1, 0.15) is 13.8 Å². The third-order valence-corrected chi connectivity index (χ3v) is 4.12. The van der Waals surface area contributed by atoms with Gasteiger partial charge in [0, 0.05) is 13.6 Å². The lowest BCUT2D eigenvalue weighted by Crippen LogP contribution is -2.40. The van der Waals surface area contributed by atoms with Crippen molar-refractivity contribution in [3.63, 3.8) is 0 Å². The van der Waals surface area contributed by atoms with Crippen molar-refractivity contribution in [1.29, 1.82) is 0 Å². The minimum Gasteiger partial charge on any atom is -0.316 e. The van der Waals surface area contributed by atoms with Gasteiger partial charge in [0.2, 0.25) is 10.0 Å². The average Bonchev–Trinajstić information content (AvgIpc) is 2.14. The Morgan fingerprint density at radius 3 is 2.57 bits per heavy atom. The van der Waals surface area contributed by atoms with Gasteiger partial charge in [-0.1, -0.05) is 12.8 Å². The molecule has 0 aliphatic carbocycles. The van der Waals surface area contributed by atoms with Crippen LogP contribution in [0.3, 0.4) is 0 Å². The summed E-state index contributed by atoms with van der Waals surface area (Å²) in [7, 11) is -1.75. The van der Waals surface area contributed by atoms with Gasteiger partial charge in [0.15, 0.2) is 0 Å². The summed E-state index contributed by atoms with van der Waals surface area (Å²) in [5.41, 5.74) is 0. The minimum absolute atomic E-state index is 0.124. The molecule has 0 saturated carbocycles. The summed E-state index contributed by atoms with van der Waals surface area (Å²) in [5, 5.41) is 2.55. The van der Waals surface area contributed by atoms with Crippen LogP contribution in [0.4, 0.5) is 0 Å². The average molecular weight is 218 g/mol. The van der Waals surface area contributed by atoms with Crippen LogP contribution in [-0.2, 0) is 10.0 Å². The Labute approximate surface area is 86.7 Å². The Morgan fingerprint density at radius 1 is 1.57 bits per heavy atom. The molecule has 14 heavy (non-hydrogen) atoms. The van der Waals surface area contributed by atoms with Gasteiger partial charge < -0.3 is 5.32 Å². The van der Waals surface area contributed by atoms with Crippen molar-refractivity contribution in [2.75, 3.05) is 26.7 Å². The predicted octanol–water partition coefficient (Wildman–Crippen LogP) is -0.121. The fraction of sp³-hybridized carbons (Fsp3) is 0.778. The summed E-state index contributed by atoms with van der Waals surface area (Å²) in [6.45, 7) is 4.95. The molecule has 0 radical (unpaired) electrons. The van der Waals surface area contributed by atoms with Gasteiger partial charge >= 0.3 is 0 Å². The Morgan fingerprint density at radius 2 is 2.14 bits per heavy atom. The van der Waals surface area contributed by atoms with Gasteiger partial charge in [-0.25, -0.2) is 8.42 Å². The van der Waals surface area contributed by atoms with E-state index in [4.69, 9.17) is 6.42 Å². The molecule has 0 rings (SSSR count). The van der Waals surface area contributed by atoms with E-state index in [0.29, 0.717) is 6.54 Å². The molecule has 0 aliphatic heterocycles. The first-order chi connectivity index (χ1) is 6.46. The third kappa shape index (κ3) is 3.66. The van der Waals surface area contributed by atoms with Gasteiger partial charge in [-0.05, 0) is 13.5 Å². The van der Waals surface area contributed by atoms with Gasteiger partial charge in [-0.3, -0.25) is 0 Å². The second kappa shape index (κ2) is 6.02. The molecule has 5 heteroatoms. The highest BCUT2D eigenvalue weighted by Crippen LogP contribution is 2.05. The molecular formula is C9H18N2O2S. The first kappa shape index (κ1) is 13.4. The van der Waals surface area contributed by atoms with E-state index in [0.717, 1.165) is 6.54 Å². The van der Waals surface area contributed by atoms with Crippen molar-refractivity contribution in [2.45, 2.75) is 19.1 Å². The molecule has 0 amide bonds. The van der Waals surface area contributed by atoms with Crippen molar-refractivity contribution in [3.8, 4) is 12.3 Å². The number of nitrogens with one attached hydrogen (secondary N) is 1. The van der Waals surface area contributed by atoms with Crippen LogP contribution >= 0.6 is 0 Å². The normalized spacial score (nSPS) is 13.9. The second-order valence-electron chi connectivity index (χ2n) is 3.12. The van der Waals surface area contributed by atoms with E-state index in [1.165, 1.54) is 11.4 Å². The fourth-order valence-electron chi connectivity index (χ4n) is 0.979. The molecule has 82 valence electrons. The van der Waals surface area contributed by atoms with Crippen molar-refractivity contribution in [2.24, 2.45) is 0 Å². The molecule has 0 aromatic carbocycles. The maximum atomic E-state index is 11.7. The van der Waals surface area contributed by atoms with Gasteiger partial charge in [0.1, 0.15) is 0 Å². The summed E-state index contributed by atoms with van der Waals surface area (Å²) < 4.78 is 24.6. The first-order valence-corrected chi connectivity index (χ1v) is 6.06. The molecular weight excluding hydrogens is 200 g/mol. The molecule has 0 aromatic heterocycles. The molecule has 1 N–H and O–H groups in total. The van der Waals surface area contributed by atoms with Crippen molar-refractivity contribution < 1.29 is 8.42 Å². The third-order valence-electron chi connectivity index (χ3n) is 1.94. The molecule has 4 nitrogen and oxygen atoms in total. The van der Waals surface area contributed by atoms with Crippen LogP contribution in [0.2, 0.25) is 0 Å². The van der Waals surface area contributed by atoms with Crippen LogP contribution in [0.25, 0.3) is 0 Å². The topological polar surface area (TPSA) is 49.4 Å². The minimum atomic E-state index is -3.25. The van der Waals surface area contributed by atoms with Crippen LogP contribution in [0.15, 0.2) is 0 Å². The lowest BCUT2D eigenvalue weighted by molar-refractivity contribution is 0.487. The first-order valence-electron chi connectivity index (χ1n) is 4.56. The molecule has 0 spiro atoms. The standard InChI is InChI=1S/C9H18N2O2S/c1-5-7-11(4)14(12,13)9(3)8-10-6-2/h1,9-10H,6-8H2,2-4H3. The molecule has 1 atom stereocenters.